The van der Waals surface area contributed by atoms with Gasteiger partial charge in [0.15, 0.2) is 5.58 Å². The maximum atomic E-state index is 13.4. The lowest BCUT2D eigenvalue weighted by atomic mass is 10.1. The summed E-state index contributed by atoms with van der Waals surface area (Å²) in [6.07, 6.45) is 1.42. The van der Waals surface area contributed by atoms with Gasteiger partial charge in [0.1, 0.15) is 11.7 Å². The predicted molar refractivity (Wildman–Crippen MR) is 97.9 cm³/mol. The van der Waals surface area contributed by atoms with E-state index in [0.717, 1.165) is 37.0 Å². The van der Waals surface area contributed by atoms with E-state index >= 15 is 0 Å². The second-order valence-electron chi connectivity index (χ2n) is 7.33. The molecule has 2 unspecified atom stereocenters. The van der Waals surface area contributed by atoms with Crippen molar-refractivity contribution in [1.82, 2.24) is 15.2 Å². The Hall–Kier alpha value is -2.15. The molecule has 1 amide bonds. The van der Waals surface area contributed by atoms with E-state index in [9.17, 15) is 9.18 Å². The van der Waals surface area contributed by atoms with Gasteiger partial charge in [-0.3, -0.25) is 4.79 Å². The van der Waals surface area contributed by atoms with Crippen LogP contribution in [0.1, 0.15) is 26.2 Å². The summed E-state index contributed by atoms with van der Waals surface area (Å²) in [7, 11) is 0. The summed E-state index contributed by atoms with van der Waals surface area (Å²) in [6, 6.07) is 8.72. The summed E-state index contributed by atoms with van der Waals surface area (Å²) in [6.45, 7) is 4.11. The van der Waals surface area contributed by atoms with E-state index < -0.39 is 6.17 Å². The van der Waals surface area contributed by atoms with Gasteiger partial charge in [-0.1, -0.05) is 12.1 Å². The first-order valence-corrected chi connectivity index (χ1v) is 9.37. The number of nitrogens with one attached hydrogen (secondary N) is 1. The molecule has 1 aromatic heterocycles. The Morgan fingerprint density at radius 2 is 2.12 bits per heavy atom. The highest BCUT2D eigenvalue weighted by Gasteiger charge is 2.32. The number of hydrogen-bond acceptors (Lipinski definition) is 5. The van der Waals surface area contributed by atoms with Gasteiger partial charge in [-0.15, -0.1) is 0 Å². The van der Waals surface area contributed by atoms with Gasteiger partial charge in [0.25, 0.3) is 6.01 Å². The lowest BCUT2D eigenvalue weighted by Gasteiger charge is -2.32. The molecule has 2 atom stereocenters. The third-order valence-electron chi connectivity index (χ3n) is 5.43. The van der Waals surface area contributed by atoms with Gasteiger partial charge in [-0.25, -0.2) is 4.39 Å². The molecule has 1 aromatic carbocycles. The van der Waals surface area contributed by atoms with Crippen LogP contribution in [-0.4, -0.2) is 60.2 Å². The van der Waals surface area contributed by atoms with Gasteiger partial charge < -0.3 is 19.5 Å². The largest absolute Gasteiger partial charge is 0.423 e. The molecule has 7 heteroatoms. The topological polar surface area (TPSA) is 61.6 Å². The summed E-state index contributed by atoms with van der Waals surface area (Å²) >= 11 is 0. The van der Waals surface area contributed by atoms with E-state index in [1.54, 1.807) is 4.90 Å². The molecule has 2 aliphatic heterocycles. The van der Waals surface area contributed by atoms with Crippen LogP contribution >= 0.6 is 0 Å². The number of aromatic nitrogens is 1. The normalized spacial score (nSPS) is 24.5. The average Bonchev–Trinajstić information content (AvgIpc) is 3.22. The zero-order valence-corrected chi connectivity index (χ0v) is 15.0. The lowest BCUT2D eigenvalue weighted by Crippen LogP contribution is -2.47. The molecule has 0 saturated carbocycles. The Bertz CT molecular complexity index is 739. The van der Waals surface area contributed by atoms with E-state index in [1.807, 2.05) is 31.2 Å². The molecule has 1 N–H and O–H groups in total. The maximum Gasteiger partial charge on any atom is 0.298 e. The van der Waals surface area contributed by atoms with E-state index in [0.29, 0.717) is 18.5 Å². The number of oxazole rings is 1. The number of fused-ring (bicyclic) bond motifs is 1. The number of hydrogen-bond donors (Lipinski definition) is 1. The molecule has 0 radical (unpaired) electrons. The fourth-order valence-electron chi connectivity index (χ4n) is 3.92. The van der Waals surface area contributed by atoms with E-state index in [4.69, 9.17) is 4.42 Å². The molecule has 2 aliphatic rings. The number of carbonyl (C=O) groups excluding carboxylic acids is 1. The smallest absolute Gasteiger partial charge is 0.298 e. The third kappa shape index (κ3) is 3.53. The molecule has 2 fully saturated rings. The number of alkyl halides is 1. The minimum Gasteiger partial charge on any atom is -0.423 e. The SMILES string of the molecule is CC1CC(F)CN1C(=O)CNC1CCN(c2nc3ccccc3o2)CC1. The van der Waals surface area contributed by atoms with Crippen molar-refractivity contribution in [3.63, 3.8) is 0 Å². The molecule has 4 rings (SSSR count). The highest BCUT2D eigenvalue weighted by Crippen LogP contribution is 2.24. The number of halogens is 1. The van der Waals surface area contributed by atoms with Crippen molar-refractivity contribution in [2.45, 2.75) is 44.4 Å². The number of rotatable bonds is 4. The first-order valence-electron chi connectivity index (χ1n) is 9.37. The number of carbonyl (C=O) groups is 1. The molecule has 0 aliphatic carbocycles. The Kier molecular flexibility index (Phi) is 4.80. The number of piperidine rings is 1. The number of likely N-dealkylation sites (tertiary alicyclic amines) is 1. The van der Waals surface area contributed by atoms with Gasteiger partial charge in [-0.05, 0) is 31.9 Å². The van der Waals surface area contributed by atoms with Crippen molar-refractivity contribution in [3.05, 3.63) is 24.3 Å². The van der Waals surface area contributed by atoms with Gasteiger partial charge in [0.05, 0.1) is 13.1 Å². The molecule has 6 nitrogen and oxygen atoms in total. The monoisotopic (exact) mass is 360 g/mol. The van der Waals surface area contributed by atoms with Crippen LogP contribution in [0.3, 0.4) is 0 Å². The van der Waals surface area contributed by atoms with Crippen LogP contribution < -0.4 is 10.2 Å². The van der Waals surface area contributed by atoms with E-state index in [2.05, 4.69) is 15.2 Å². The summed E-state index contributed by atoms with van der Waals surface area (Å²) < 4.78 is 19.3. The molecular weight excluding hydrogens is 335 g/mol. The Labute approximate surface area is 152 Å². The Morgan fingerprint density at radius 3 is 2.81 bits per heavy atom. The van der Waals surface area contributed by atoms with Crippen LogP contribution in [0.15, 0.2) is 28.7 Å². The minimum absolute atomic E-state index is 0.000284. The van der Waals surface area contributed by atoms with Crippen LogP contribution in [-0.2, 0) is 4.79 Å². The van der Waals surface area contributed by atoms with Crippen LogP contribution in [0.2, 0.25) is 0 Å². The zero-order valence-electron chi connectivity index (χ0n) is 15.0. The van der Waals surface area contributed by atoms with E-state index in [1.165, 1.54) is 0 Å². The molecule has 0 spiro atoms. The standard InChI is InChI=1S/C19H25FN4O2/c1-13-10-14(20)12-24(13)18(25)11-21-15-6-8-23(9-7-15)19-22-16-4-2-3-5-17(16)26-19/h2-5,13-15,21H,6-12H2,1H3. The molecular formula is C19H25FN4O2. The van der Waals surface area contributed by atoms with Gasteiger partial charge in [0.2, 0.25) is 5.91 Å². The van der Waals surface area contributed by atoms with Crippen LogP contribution in [0.25, 0.3) is 11.1 Å². The van der Waals surface area contributed by atoms with Crippen molar-refractivity contribution >= 4 is 23.0 Å². The fourth-order valence-corrected chi connectivity index (χ4v) is 3.92. The number of para-hydroxylation sites is 2. The summed E-state index contributed by atoms with van der Waals surface area (Å²) in [5, 5.41) is 3.34. The second-order valence-corrected chi connectivity index (χ2v) is 7.33. The zero-order chi connectivity index (χ0) is 18.1. The van der Waals surface area contributed by atoms with Crippen molar-refractivity contribution in [2.24, 2.45) is 0 Å². The quantitative estimate of drug-likeness (QED) is 0.907. The fraction of sp³-hybridized carbons (Fsp3) is 0.579. The molecule has 2 aromatic rings. The van der Waals surface area contributed by atoms with Gasteiger partial charge >= 0.3 is 0 Å². The van der Waals surface area contributed by atoms with Crippen molar-refractivity contribution in [2.75, 3.05) is 31.1 Å². The van der Waals surface area contributed by atoms with Crippen molar-refractivity contribution in [1.29, 1.82) is 0 Å². The summed E-state index contributed by atoms with van der Waals surface area (Å²) in [5.41, 5.74) is 1.68. The lowest BCUT2D eigenvalue weighted by molar-refractivity contribution is -0.131. The number of nitrogens with zero attached hydrogens (tertiary/aromatic N) is 3. The minimum atomic E-state index is -0.881. The Morgan fingerprint density at radius 1 is 1.35 bits per heavy atom. The number of benzene rings is 1. The van der Waals surface area contributed by atoms with Crippen LogP contribution in [0, 0.1) is 0 Å². The summed E-state index contributed by atoms with van der Waals surface area (Å²) in [5.74, 6) is -0.000898. The van der Waals surface area contributed by atoms with E-state index in [-0.39, 0.29) is 25.0 Å². The van der Waals surface area contributed by atoms with Gasteiger partial charge in [-0.2, -0.15) is 4.98 Å². The molecule has 3 heterocycles. The molecule has 2 saturated heterocycles. The van der Waals surface area contributed by atoms with Crippen molar-refractivity contribution < 1.29 is 13.6 Å². The number of amides is 1. The highest BCUT2D eigenvalue weighted by molar-refractivity contribution is 5.79. The molecule has 140 valence electrons. The van der Waals surface area contributed by atoms with Crippen LogP contribution in [0.5, 0.6) is 0 Å². The molecule has 0 bridgehead atoms. The second kappa shape index (κ2) is 7.23. The number of anilines is 1. The average molecular weight is 360 g/mol. The van der Waals surface area contributed by atoms with Crippen molar-refractivity contribution in [3.8, 4) is 0 Å². The predicted octanol–water partition coefficient (Wildman–Crippen LogP) is 2.35. The van der Waals surface area contributed by atoms with Gasteiger partial charge in [0, 0.05) is 31.6 Å². The Balaban J connectivity index is 1.26. The molecule has 26 heavy (non-hydrogen) atoms. The first-order chi connectivity index (χ1) is 12.6. The third-order valence-corrected chi connectivity index (χ3v) is 5.43. The first kappa shape index (κ1) is 17.3. The highest BCUT2D eigenvalue weighted by atomic mass is 19.1. The summed E-state index contributed by atoms with van der Waals surface area (Å²) in [4.78, 5) is 20.6. The van der Waals surface area contributed by atoms with Crippen LogP contribution in [0.4, 0.5) is 10.4 Å². The maximum absolute atomic E-state index is 13.4.